The molecule has 1 aliphatic heterocycles. The molecule has 0 bridgehead atoms. The summed E-state index contributed by atoms with van der Waals surface area (Å²) in [6, 6.07) is 0. The van der Waals surface area contributed by atoms with E-state index in [2.05, 4.69) is 5.32 Å². The molecule has 0 atom stereocenters. The number of carbonyl (C=O) groups excluding carboxylic acids is 1. The van der Waals surface area contributed by atoms with Gasteiger partial charge in [0.05, 0.1) is 5.92 Å². The van der Waals surface area contributed by atoms with Gasteiger partial charge in [0.2, 0.25) is 0 Å². The number of nitrogens with two attached hydrogens (primary N) is 1. The topological polar surface area (TPSA) is 64.3 Å². The molecule has 0 unspecified atom stereocenters. The zero-order chi connectivity index (χ0) is 8.10. The molecule has 0 spiro atoms. The second-order valence-electron chi connectivity index (χ2n) is 2.65. The van der Waals surface area contributed by atoms with Gasteiger partial charge in [-0.15, -0.1) is 0 Å². The van der Waals surface area contributed by atoms with Gasteiger partial charge >= 0.3 is 5.97 Å². The van der Waals surface area contributed by atoms with Crippen molar-refractivity contribution in [3.8, 4) is 0 Å². The first-order chi connectivity index (χ1) is 5.34. The smallest absolute Gasteiger partial charge is 0.310 e. The molecule has 0 aliphatic carbocycles. The number of piperidine rings is 1. The molecule has 1 fully saturated rings. The van der Waals surface area contributed by atoms with Gasteiger partial charge in [0.15, 0.2) is 0 Å². The summed E-state index contributed by atoms with van der Waals surface area (Å²) in [6.45, 7) is 1.82. The monoisotopic (exact) mass is 158 g/mol. The standard InChI is InChI=1S/C7H14N2O2/c8-5-11-7(10)6-1-3-9-4-2-6/h6,9H,1-5,8H2. The predicted molar refractivity (Wildman–Crippen MR) is 40.7 cm³/mol. The van der Waals surface area contributed by atoms with Crippen LogP contribution in [0, 0.1) is 5.92 Å². The Morgan fingerprint density at radius 3 is 2.73 bits per heavy atom. The van der Waals surface area contributed by atoms with Crippen LogP contribution in [0.15, 0.2) is 0 Å². The zero-order valence-electron chi connectivity index (χ0n) is 6.51. The van der Waals surface area contributed by atoms with Crippen molar-refractivity contribution < 1.29 is 9.53 Å². The molecule has 0 amide bonds. The fourth-order valence-corrected chi connectivity index (χ4v) is 1.26. The van der Waals surface area contributed by atoms with Gasteiger partial charge in [0.1, 0.15) is 6.73 Å². The molecule has 0 saturated carbocycles. The fourth-order valence-electron chi connectivity index (χ4n) is 1.26. The van der Waals surface area contributed by atoms with E-state index in [0.717, 1.165) is 25.9 Å². The fraction of sp³-hybridized carbons (Fsp3) is 0.857. The van der Waals surface area contributed by atoms with Crippen molar-refractivity contribution in [3.05, 3.63) is 0 Å². The predicted octanol–water partition coefficient (Wildman–Crippen LogP) is -0.555. The lowest BCUT2D eigenvalue weighted by molar-refractivity contribution is -0.149. The van der Waals surface area contributed by atoms with Gasteiger partial charge in [-0.05, 0) is 25.9 Å². The quantitative estimate of drug-likeness (QED) is 0.418. The van der Waals surface area contributed by atoms with E-state index in [4.69, 9.17) is 10.5 Å². The maximum atomic E-state index is 11.1. The van der Waals surface area contributed by atoms with Gasteiger partial charge in [-0.3, -0.25) is 10.5 Å². The number of esters is 1. The minimum atomic E-state index is -0.144. The second kappa shape index (κ2) is 4.31. The van der Waals surface area contributed by atoms with E-state index in [-0.39, 0.29) is 18.6 Å². The van der Waals surface area contributed by atoms with Crippen molar-refractivity contribution >= 4 is 5.97 Å². The summed E-state index contributed by atoms with van der Waals surface area (Å²) in [5.41, 5.74) is 5.08. The Balaban J connectivity index is 2.27. The van der Waals surface area contributed by atoms with Crippen LogP contribution < -0.4 is 11.1 Å². The number of ether oxygens (including phenoxy) is 1. The van der Waals surface area contributed by atoms with E-state index in [1.54, 1.807) is 0 Å². The summed E-state index contributed by atoms with van der Waals surface area (Å²) >= 11 is 0. The van der Waals surface area contributed by atoms with Crippen LogP contribution in [0.2, 0.25) is 0 Å². The third-order valence-electron chi connectivity index (χ3n) is 1.90. The third-order valence-corrected chi connectivity index (χ3v) is 1.90. The van der Waals surface area contributed by atoms with Crippen LogP contribution in [-0.4, -0.2) is 25.8 Å². The van der Waals surface area contributed by atoms with Crippen molar-refractivity contribution in [2.45, 2.75) is 12.8 Å². The van der Waals surface area contributed by atoms with E-state index >= 15 is 0 Å². The number of rotatable bonds is 2. The molecule has 3 N–H and O–H groups in total. The molecule has 4 nitrogen and oxygen atoms in total. The summed E-state index contributed by atoms with van der Waals surface area (Å²) in [5.74, 6) is -0.0752. The largest absolute Gasteiger partial charge is 0.450 e. The highest BCUT2D eigenvalue weighted by Crippen LogP contribution is 2.12. The summed E-state index contributed by atoms with van der Waals surface area (Å²) < 4.78 is 4.69. The summed E-state index contributed by atoms with van der Waals surface area (Å²) in [4.78, 5) is 11.1. The van der Waals surface area contributed by atoms with Gasteiger partial charge in [0.25, 0.3) is 0 Å². The molecular formula is C7H14N2O2. The molecule has 1 saturated heterocycles. The Labute approximate surface area is 66.1 Å². The van der Waals surface area contributed by atoms with E-state index in [1.165, 1.54) is 0 Å². The first-order valence-electron chi connectivity index (χ1n) is 3.92. The maximum absolute atomic E-state index is 11.1. The first-order valence-corrected chi connectivity index (χ1v) is 3.92. The van der Waals surface area contributed by atoms with Crippen molar-refractivity contribution in [2.75, 3.05) is 19.8 Å². The lowest BCUT2D eigenvalue weighted by Crippen LogP contribution is -2.33. The Kier molecular flexibility index (Phi) is 3.32. The molecular weight excluding hydrogens is 144 g/mol. The second-order valence-corrected chi connectivity index (χ2v) is 2.65. The highest BCUT2D eigenvalue weighted by atomic mass is 16.5. The van der Waals surface area contributed by atoms with Crippen LogP contribution in [-0.2, 0) is 9.53 Å². The average Bonchev–Trinajstić information content (AvgIpc) is 2.07. The van der Waals surface area contributed by atoms with Gasteiger partial charge in [0, 0.05) is 0 Å². The van der Waals surface area contributed by atoms with Crippen LogP contribution >= 0.6 is 0 Å². The van der Waals surface area contributed by atoms with Crippen LogP contribution in [0.1, 0.15) is 12.8 Å². The normalized spacial score (nSPS) is 19.7. The van der Waals surface area contributed by atoms with Crippen LogP contribution in [0.5, 0.6) is 0 Å². The Bertz CT molecular complexity index is 132. The first kappa shape index (κ1) is 8.49. The van der Waals surface area contributed by atoms with E-state index in [1.807, 2.05) is 0 Å². The third kappa shape index (κ3) is 2.48. The number of carbonyl (C=O) groups is 1. The number of hydrogen-bond acceptors (Lipinski definition) is 4. The van der Waals surface area contributed by atoms with Gasteiger partial charge in [-0.1, -0.05) is 0 Å². The van der Waals surface area contributed by atoms with Crippen molar-refractivity contribution in [1.29, 1.82) is 0 Å². The lowest BCUT2D eigenvalue weighted by Gasteiger charge is -2.20. The maximum Gasteiger partial charge on any atom is 0.310 e. The molecule has 1 rings (SSSR count). The Morgan fingerprint density at radius 2 is 2.18 bits per heavy atom. The molecule has 11 heavy (non-hydrogen) atoms. The highest BCUT2D eigenvalue weighted by Gasteiger charge is 2.21. The van der Waals surface area contributed by atoms with Crippen molar-refractivity contribution in [2.24, 2.45) is 11.7 Å². The molecule has 0 aromatic heterocycles. The van der Waals surface area contributed by atoms with Crippen molar-refractivity contribution in [1.82, 2.24) is 5.32 Å². The molecule has 0 radical (unpaired) electrons. The minimum Gasteiger partial charge on any atom is -0.450 e. The van der Waals surface area contributed by atoms with E-state index in [9.17, 15) is 4.79 Å². The Morgan fingerprint density at radius 1 is 1.55 bits per heavy atom. The lowest BCUT2D eigenvalue weighted by atomic mass is 9.99. The summed E-state index contributed by atoms with van der Waals surface area (Å²) in [5, 5.41) is 3.17. The van der Waals surface area contributed by atoms with Crippen LogP contribution in [0.4, 0.5) is 0 Å². The van der Waals surface area contributed by atoms with Crippen molar-refractivity contribution in [3.63, 3.8) is 0 Å². The van der Waals surface area contributed by atoms with Gasteiger partial charge < -0.3 is 10.1 Å². The summed E-state index contributed by atoms with van der Waals surface area (Å²) in [6.07, 6.45) is 1.75. The molecule has 0 aromatic carbocycles. The van der Waals surface area contributed by atoms with Crippen LogP contribution in [0.3, 0.4) is 0 Å². The number of hydrogen-bond donors (Lipinski definition) is 2. The van der Waals surface area contributed by atoms with Gasteiger partial charge in [-0.2, -0.15) is 0 Å². The molecule has 1 aliphatic rings. The number of nitrogens with one attached hydrogen (secondary N) is 1. The zero-order valence-corrected chi connectivity index (χ0v) is 6.51. The highest BCUT2D eigenvalue weighted by molar-refractivity contribution is 5.72. The molecule has 64 valence electrons. The average molecular weight is 158 g/mol. The van der Waals surface area contributed by atoms with E-state index < -0.39 is 0 Å². The molecule has 4 heteroatoms. The molecule has 0 aromatic rings. The van der Waals surface area contributed by atoms with Crippen LogP contribution in [0.25, 0.3) is 0 Å². The SMILES string of the molecule is NCOC(=O)C1CCNCC1. The summed E-state index contributed by atoms with van der Waals surface area (Å²) in [7, 11) is 0. The Hall–Kier alpha value is -0.610. The van der Waals surface area contributed by atoms with E-state index in [0.29, 0.717) is 0 Å². The van der Waals surface area contributed by atoms with Gasteiger partial charge in [-0.25, -0.2) is 0 Å². The molecule has 1 heterocycles. The minimum absolute atomic E-state index is 0.00274.